The van der Waals surface area contributed by atoms with Crippen molar-refractivity contribution in [2.24, 2.45) is 5.73 Å². The van der Waals surface area contributed by atoms with Gasteiger partial charge in [-0.2, -0.15) is 0 Å². The lowest BCUT2D eigenvalue weighted by atomic mass is 9.95. The van der Waals surface area contributed by atoms with E-state index in [4.69, 9.17) is 10.5 Å². The molecule has 3 heteroatoms. The third-order valence-electron chi connectivity index (χ3n) is 2.97. The van der Waals surface area contributed by atoms with Gasteiger partial charge in [0.15, 0.2) is 0 Å². The molecule has 14 heavy (non-hydrogen) atoms. The highest BCUT2D eigenvalue weighted by atomic mass is 16.5. The van der Waals surface area contributed by atoms with Gasteiger partial charge in [-0.15, -0.1) is 0 Å². The van der Waals surface area contributed by atoms with Crippen molar-refractivity contribution < 1.29 is 9.84 Å². The van der Waals surface area contributed by atoms with Crippen LogP contribution in [0.1, 0.15) is 47.0 Å². The number of nitrogens with two attached hydrogens (primary N) is 1. The van der Waals surface area contributed by atoms with Gasteiger partial charge in [0.1, 0.15) is 0 Å². The summed E-state index contributed by atoms with van der Waals surface area (Å²) < 4.78 is 5.46. The van der Waals surface area contributed by atoms with Gasteiger partial charge in [0.25, 0.3) is 0 Å². The number of hydrogen-bond acceptors (Lipinski definition) is 3. The molecule has 0 aromatic rings. The molecular formula is C11H25NO2. The van der Waals surface area contributed by atoms with Crippen molar-refractivity contribution in [3.05, 3.63) is 0 Å². The highest BCUT2D eigenvalue weighted by molar-refractivity contribution is 4.81. The molecule has 3 nitrogen and oxygen atoms in total. The summed E-state index contributed by atoms with van der Waals surface area (Å²) >= 11 is 0. The first-order chi connectivity index (χ1) is 6.39. The molecule has 0 rings (SSSR count). The van der Waals surface area contributed by atoms with E-state index in [0.717, 1.165) is 12.8 Å². The average molecular weight is 203 g/mol. The van der Waals surface area contributed by atoms with Gasteiger partial charge in [0.2, 0.25) is 0 Å². The zero-order chi connectivity index (χ0) is 11.2. The standard InChI is InChI=1S/C11H25NO2/c1-5-10(4,13)8-14-9-11(12,6-2)7-3/h13H,5-9,12H2,1-4H3. The molecule has 0 saturated heterocycles. The molecule has 0 aliphatic rings. The monoisotopic (exact) mass is 203 g/mol. The van der Waals surface area contributed by atoms with Crippen molar-refractivity contribution in [3.8, 4) is 0 Å². The summed E-state index contributed by atoms with van der Waals surface area (Å²) in [5, 5.41) is 9.70. The van der Waals surface area contributed by atoms with Gasteiger partial charge in [0, 0.05) is 5.54 Å². The van der Waals surface area contributed by atoms with Gasteiger partial charge < -0.3 is 15.6 Å². The zero-order valence-corrected chi connectivity index (χ0v) is 9.97. The maximum Gasteiger partial charge on any atom is 0.0849 e. The minimum Gasteiger partial charge on any atom is -0.388 e. The van der Waals surface area contributed by atoms with Crippen LogP contribution in [-0.4, -0.2) is 29.5 Å². The van der Waals surface area contributed by atoms with Gasteiger partial charge in [0.05, 0.1) is 18.8 Å². The van der Waals surface area contributed by atoms with Crippen LogP contribution in [0.2, 0.25) is 0 Å². The lowest BCUT2D eigenvalue weighted by Gasteiger charge is -2.29. The van der Waals surface area contributed by atoms with Crippen molar-refractivity contribution in [3.63, 3.8) is 0 Å². The van der Waals surface area contributed by atoms with E-state index in [2.05, 4.69) is 13.8 Å². The Labute approximate surface area is 87.6 Å². The van der Waals surface area contributed by atoms with Crippen molar-refractivity contribution >= 4 is 0 Å². The summed E-state index contributed by atoms with van der Waals surface area (Å²) in [6.07, 6.45) is 2.50. The Morgan fingerprint density at radius 2 is 1.57 bits per heavy atom. The number of hydrogen-bond donors (Lipinski definition) is 2. The van der Waals surface area contributed by atoms with Gasteiger partial charge >= 0.3 is 0 Å². The molecule has 0 aliphatic heterocycles. The molecule has 0 radical (unpaired) electrons. The van der Waals surface area contributed by atoms with Crippen LogP contribution in [0.15, 0.2) is 0 Å². The van der Waals surface area contributed by atoms with Crippen molar-refractivity contribution in [2.45, 2.75) is 58.1 Å². The first kappa shape index (κ1) is 13.9. The fourth-order valence-electron chi connectivity index (χ4n) is 1.03. The van der Waals surface area contributed by atoms with Gasteiger partial charge in [-0.05, 0) is 26.2 Å². The molecular weight excluding hydrogens is 178 g/mol. The van der Waals surface area contributed by atoms with E-state index in [1.807, 2.05) is 6.92 Å². The van der Waals surface area contributed by atoms with E-state index < -0.39 is 5.60 Å². The first-order valence-electron chi connectivity index (χ1n) is 5.48. The Hall–Kier alpha value is -0.120. The van der Waals surface area contributed by atoms with Crippen LogP contribution in [-0.2, 0) is 4.74 Å². The fourth-order valence-corrected chi connectivity index (χ4v) is 1.03. The van der Waals surface area contributed by atoms with E-state index in [-0.39, 0.29) is 5.54 Å². The Morgan fingerprint density at radius 1 is 1.07 bits per heavy atom. The molecule has 0 bridgehead atoms. The van der Waals surface area contributed by atoms with Gasteiger partial charge in [-0.25, -0.2) is 0 Å². The molecule has 1 unspecified atom stereocenters. The number of ether oxygens (including phenoxy) is 1. The van der Waals surface area contributed by atoms with E-state index in [9.17, 15) is 5.11 Å². The average Bonchev–Trinajstić information content (AvgIpc) is 2.17. The minimum absolute atomic E-state index is 0.232. The lowest BCUT2D eigenvalue weighted by molar-refractivity contribution is -0.0482. The summed E-state index contributed by atoms with van der Waals surface area (Å²) in [6, 6.07) is 0. The Bertz CT molecular complexity index is 153. The molecule has 0 aromatic heterocycles. The van der Waals surface area contributed by atoms with Crippen LogP contribution in [0.5, 0.6) is 0 Å². The van der Waals surface area contributed by atoms with Crippen LogP contribution >= 0.6 is 0 Å². The SMILES string of the molecule is CCC(C)(O)COCC(N)(CC)CC. The second-order valence-corrected chi connectivity index (χ2v) is 4.41. The Balaban J connectivity index is 3.83. The summed E-state index contributed by atoms with van der Waals surface area (Å²) in [5.74, 6) is 0. The minimum atomic E-state index is -0.720. The molecule has 0 fully saturated rings. The van der Waals surface area contributed by atoms with Crippen molar-refractivity contribution in [2.75, 3.05) is 13.2 Å². The van der Waals surface area contributed by atoms with E-state index in [1.54, 1.807) is 6.92 Å². The summed E-state index contributed by atoms with van der Waals surface area (Å²) in [7, 11) is 0. The van der Waals surface area contributed by atoms with Crippen molar-refractivity contribution in [1.29, 1.82) is 0 Å². The Morgan fingerprint density at radius 3 is 1.93 bits per heavy atom. The third kappa shape index (κ3) is 4.94. The predicted octanol–water partition coefficient (Wildman–Crippen LogP) is 1.68. The molecule has 3 N–H and O–H groups in total. The molecule has 0 heterocycles. The highest BCUT2D eigenvalue weighted by Gasteiger charge is 2.23. The Kier molecular flexibility index (Phi) is 5.64. The van der Waals surface area contributed by atoms with Crippen LogP contribution < -0.4 is 5.73 Å². The predicted molar refractivity (Wildman–Crippen MR) is 59.2 cm³/mol. The normalized spacial score (nSPS) is 16.7. The molecule has 86 valence electrons. The largest absolute Gasteiger partial charge is 0.388 e. The van der Waals surface area contributed by atoms with Crippen LogP contribution in [0.25, 0.3) is 0 Å². The van der Waals surface area contributed by atoms with Gasteiger partial charge in [-0.1, -0.05) is 20.8 Å². The van der Waals surface area contributed by atoms with E-state index in [0.29, 0.717) is 19.6 Å². The van der Waals surface area contributed by atoms with Gasteiger partial charge in [-0.3, -0.25) is 0 Å². The lowest BCUT2D eigenvalue weighted by Crippen LogP contribution is -2.44. The molecule has 0 amide bonds. The van der Waals surface area contributed by atoms with Crippen LogP contribution in [0.4, 0.5) is 0 Å². The van der Waals surface area contributed by atoms with Crippen LogP contribution in [0, 0.1) is 0 Å². The van der Waals surface area contributed by atoms with E-state index in [1.165, 1.54) is 0 Å². The third-order valence-corrected chi connectivity index (χ3v) is 2.97. The second kappa shape index (κ2) is 5.69. The van der Waals surface area contributed by atoms with Crippen LogP contribution in [0.3, 0.4) is 0 Å². The second-order valence-electron chi connectivity index (χ2n) is 4.41. The molecule has 0 saturated carbocycles. The topological polar surface area (TPSA) is 55.5 Å². The summed E-state index contributed by atoms with van der Waals surface area (Å²) in [6.45, 7) is 8.73. The molecule has 0 aromatic carbocycles. The molecule has 1 atom stereocenters. The maximum atomic E-state index is 9.70. The summed E-state index contributed by atoms with van der Waals surface area (Å²) in [5.41, 5.74) is 5.11. The molecule has 0 aliphatic carbocycles. The quantitative estimate of drug-likeness (QED) is 0.662. The number of rotatable bonds is 7. The maximum absolute atomic E-state index is 9.70. The smallest absolute Gasteiger partial charge is 0.0849 e. The number of aliphatic hydroxyl groups is 1. The first-order valence-corrected chi connectivity index (χ1v) is 5.48. The zero-order valence-electron chi connectivity index (χ0n) is 9.97. The summed E-state index contributed by atoms with van der Waals surface area (Å²) in [4.78, 5) is 0. The molecule has 0 spiro atoms. The fraction of sp³-hybridized carbons (Fsp3) is 1.00. The van der Waals surface area contributed by atoms with E-state index >= 15 is 0 Å². The van der Waals surface area contributed by atoms with Crippen molar-refractivity contribution in [1.82, 2.24) is 0 Å². The highest BCUT2D eigenvalue weighted by Crippen LogP contribution is 2.14.